The number of allylic oxidation sites excluding steroid dienone is 6. The summed E-state index contributed by atoms with van der Waals surface area (Å²) in [5.74, 6) is -0.0281. The van der Waals surface area contributed by atoms with Crippen molar-refractivity contribution in [1.29, 1.82) is 0 Å². The molecule has 0 aromatic carbocycles. The van der Waals surface area contributed by atoms with Crippen LogP contribution in [-0.4, -0.2) is 47.4 Å². The average molecular weight is 1150 g/mol. The van der Waals surface area contributed by atoms with E-state index in [-0.39, 0.29) is 18.5 Å². The van der Waals surface area contributed by atoms with E-state index in [4.69, 9.17) is 4.74 Å². The molecule has 0 spiro atoms. The smallest absolute Gasteiger partial charge is 0.305 e. The number of amides is 1. The molecule has 6 nitrogen and oxygen atoms in total. The van der Waals surface area contributed by atoms with Crippen molar-refractivity contribution in [2.45, 2.75) is 424 Å². The lowest BCUT2D eigenvalue weighted by atomic mass is 10.0. The van der Waals surface area contributed by atoms with Crippen LogP contribution in [0.1, 0.15) is 412 Å². The predicted molar refractivity (Wildman–Crippen MR) is 361 cm³/mol. The van der Waals surface area contributed by atoms with Gasteiger partial charge in [-0.25, -0.2) is 0 Å². The molecule has 0 heterocycles. The molecular weight excluding hydrogens is 1010 g/mol. The molecule has 0 aromatic heterocycles. The first-order valence-corrected chi connectivity index (χ1v) is 37.2. The zero-order valence-corrected chi connectivity index (χ0v) is 55.5. The zero-order chi connectivity index (χ0) is 59.2. The van der Waals surface area contributed by atoms with Crippen molar-refractivity contribution >= 4 is 11.9 Å². The fourth-order valence-electron chi connectivity index (χ4n) is 11.7. The Morgan fingerprint density at radius 1 is 0.341 bits per heavy atom. The van der Waals surface area contributed by atoms with E-state index in [0.29, 0.717) is 25.9 Å². The second kappa shape index (κ2) is 71.6. The normalized spacial score (nSPS) is 12.7. The fourth-order valence-corrected chi connectivity index (χ4v) is 11.7. The number of unbranched alkanes of at least 4 members (excludes halogenated alkanes) is 53. The van der Waals surface area contributed by atoms with Gasteiger partial charge in [-0.3, -0.25) is 9.59 Å². The van der Waals surface area contributed by atoms with E-state index in [2.05, 4.69) is 55.6 Å². The highest BCUT2D eigenvalue weighted by molar-refractivity contribution is 5.76. The molecule has 1 amide bonds. The fraction of sp³-hybridized carbons (Fsp3) is 0.895. The third-order valence-corrected chi connectivity index (χ3v) is 17.4. The van der Waals surface area contributed by atoms with Crippen LogP contribution in [0.25, 0.3) is 0 Å². The van der Waals surface area contributed by atoms with Gasteiger partial charge in [-0.1, -0.05) is 352 Å². The topological polar surface area (TPSA) is 95.9 Å². The number of rotatable bonds is 70. The number of hydrogen-bond donors (Lipinski definition) is 3. The summed E-state index contributed by atoms with van der Waals surface area (Å²) in [7, 11) is 0. The van der Waals surface area contributed by atoms with Crippen LogP contribution in [0.15, 0.2) is 36.5 Å². The number of aliphatic hydroxyl groups excluding tert-OH is 2. The lowest BCUT2D eigenvalue weighted by molar-refractivity contribution is -0.143. The molecule has 0 fully saturated rings. The van der Waals surface area contributed by atoms with Crippen LogP contribution in [0.2, 0.25) is 0 Å². The Bertz CT molecular complexity index is 1330. The Kier molecular flexibility index (Phi) is 69.9. The van der Waals surface area contributed by atoms with E-state index in [0.717, 1.165) is 51.4 Å². The molecular formula is C76H145NO5. The lowest BCUT2D eigenvalue weighted by Crippen LogP contribution is -2.45. The van der Waals surface area contributed by atoms with Gasteiger partial charge in [0.05, 0.1) is 25.4 Å². The largest absolute Gasteiger partial charge is 0.466 e. The minimum absolute atomic E-state index is 0.00242. The van der Waals surface area contributed by atoms with Gasteiger partial charge in [-0.2, -0.15) is 0 Å². The zero-order valence-electron chi connectivity index (χ0n) is 55.5. The van der Waals surface area contributed by atoms with Crippen molar-refractivity contribution in [3.63, 3.8) is 0 Å². The minimum atomic E-state index is -0.666. The molecule has 0 aliphatic heterocycles. The second-order valence-corrected chi connectivity index (χ2v) is 25.6. The van der Waals surface area contributed by atoms with Gasteiger partial charge in [0, 0.05) is 12.8 Å². The Morgan fingerprint density at radius 3 is 0.963 bits per heavy atom. The highest BCUT2D eigenvalue weighted by Gasteiger charge is 2.20. The van der Waals surface area contributed by atoms with Gasteiger partial charge in [0.2, 0.25) is 5.91 Å². The minimum Gasteiger partial charge on any atom is -0.466 e. The Hall–Kier alpha value is -1.92. The van der Waals surface area contributed by atoms with Crippen molar-refractivity contribution in [2.75, 3.05) is 13.2 Å². The first kappa shape index (κ1) is 80.1. The number of esters is 1. The third-order valence-electron chi connectivity index (χ3n) is 17.4. The van der Waals surface area contributed by atoms with Crippen molar-refractivity contribution in [2.24, 2.45) is 0 Å². The van der Waals surface area contributed by atoms with Gasteiger partial charge in [0.15, 0.2) is 0 Å². The number of ether oxygens (including phenoxy) is 1. The molecule has 0 aromatic rings. The quantitative estimate of drug-likeness (QED) is 0.0320. The molecule has 0 saturated carbocycles. The summed E-state index contributed by atoms with van der Waals surface area (Å²) < 4.78 is 5.49. The lowest BCUT2D eigenvalue weighted by Gasteiger charge is -2.22. The van der Waals surface area contributed by atoms with Gasteiger partial charge in [-0.05, 0) is 83.5 Å². The maximum absolute atomic E-state index is 12.6. The van der Waals surface area contributed by atoms with Gasteiger partial charge in [0.1, 0.15) is 0 Å². The van der Waals surface area contributed by atoms with Crippen molar-refractivity contribution < 1.29 is 24.5 Å². The van der Waals surface area contributed by atoms with Crippen molar-refractivity contribution in [1.82, 2.24) is 5.32 Å². The van der Waals surface area contributed by atoms with E-state index in [1.807, 2.05) is 0 Å². The summed E-state index contributed by atoms with van der Waals surface area (Å²) in [6, 6.07) is -0.543. The van der Waals surface area contributed by atoms with Gasteiger partial charge in [0.25, 0.3) is 0 Å². The van der Waals surface area contributed by atoms with E-state index in [1.165, 1.54) is 327 Å². The van der Waals surface area contributed by atoms with Gasteiger partial charge < -0.3 is 20.3 Å². The number of carbonyl (C=O) groups is 2. The number of aliphatic hydroxyl groups is 2. The summed E-state index contributed by atoms with van der Waals surface area (Å²) >= 11 is 0. The first-order chi connectivity index (χ1) is 40.5. The molecule has 0 saturated heterocycles. The van der Waals surface area contributed by atoms with E-state index in [9.17, 15) is 19.8 Å². The van der Waals surface area contributed by atoms with Crippen LogP contribution in [-0.2, 0) is 14.3 Å². The highest BCUT2D eigenvalue weighted by atomic mass is 16.5. The third kappa shape index (κ3) is 67.2. The van der Waals surface area contributed by atoms with Crippen LogP contribution >= 0.6 is 0 Å². The molecule has 82 heavy (non-hydrogen) atoms. The molecule has 0 rings (SSSR count). The summed E-state index contributed by atoms with van der Waals surface area (Å²) in [5.41, 5.74) is 0. The average Bonchev–Trinajstić information content (AvgIpc) is 3.48. The molecule has 2 atom stereocenters. The van der Waals surface area contributed by atoms with Crippen molar-refractivity contribution in [3.05, 3.63) is 36.5 Å². The van der Waals surface area contributed by atoms with Gasteiger partial charge >= 0.3 is 5.97 Å². The van der Waals surface area contributed by atoms with Gasteiger partial charge in [-0.15, -0.1) is 0 Å². The van der Waals surface area contributed by atoms with E-state index < -0.39 is 12.1 Å². The van der Waals surface area contributed by atoms with Crippen molar-refractivity contribution in [3.8, 4) is 0 Å². The molecule has 0 aliphatic carbocycles. The molecule has 6 heteroatoms. The molecule has 0 bridgehead atoms. The molecule has 484 valence electrons. The summed E-state index contributed by atoms with van der Waals surface area (Å²) in [4.78, 5) is 24.6. The number of hydrogen-bond acceptors (Lipinski definition) is 5. The first-order valence-electron chi connectivity index (χ1n) is 37.2. The highest BCUT2D eigenvalue weighted by Crippen LogP contribution is 2.19. The number of nitrogens with one attached hydrogen (secondary N) is 1. The Morgan fingerprint density at radius 2 is 0.610 bits per heavy atom. The van der Waals surface area contributed by atoms with E-state index in [1.54, 1.807) is 0 Å². The summed E-state index contributed by atoms with van der Waals surface area (Å²) in [6.45, 7) is 4.96. The number of carbonyl (C=O) groups excluding carboxylic acids is 2. The SMILES string of the molecule is CCCCC/C=C\C/C=C\CCCCCCCC(=O)OCCCCCCCCCCCCCC/C=C\CCCCCCCCCCCCCCC(=O)NC(CO)C(O)CCCCCCCCCCCCCCCCCCCCCCCC. The summed E-state index contributed by atoms with van der Waals surface area (Å²) in [6.07, 6.45) is 92.1. The molecule has 2 unspecified atom stereocenters. The Balaban J connectivity index is 3.38. The van der Waals surface area contributed by atoms with Crippen LogP contribution in [0, 0.1) is 0 Å². The molecule has 0 radical (unpaired) electrons. The molecule has 3 N–H and O–H groups in total. The standard InChI is InChI=1S/C76H145NO5/c1-3-5-7-9-11-13-15-17-19-20-21-22-31-34-37-41-44-48-52-56-60-64-68-74(79)73(72-78)77-75(80)69-65-61-57-53-49-45-42-38-35-32-29-27-25-23-24-26-28-30-33-36-39-43-47-51-55-59-63-67-71-82-76(81)70-66-62-58-54-50-46-40-18-16-14-12-10-8-6-4-2/h12,14,18,23-24,40,73-74,78-79H,3-11,13,15-17,19-22,25-39,41-72H2,1-2H3,(H,77,80)/b14-12-,24-23-,40-18-. The maximum Gasteiger partial charge on any atom is 0.305 e. The second-order valence-electron chi connectivity index (χ2n) is 25.6. The van der Waals surface area contributed by atoms with Crippen LogP contribution < -0.4 is 5.32 Å². The molecule has 0 aliphatic rings. The van der Waals surface area contributed by atoms with Crippen LogP contribution in [0.3, 0.4) is 0 Å². The van der Waals surface area contributed by atoms with Crippen LogP contribution in [0.5, 0.6) is 0 Å². The van der Waals surface area contributed by atoms with Crippen LogP contribution in [0.4, 0.5) is 0 Å². The predicted octanol–water partition coefficient (Wildman–Crippen LogP) is 24.3. The maximum atomic E-state index is 12.6. The van der Waals surface area contributed by atoms with E-state index >= 15 is 0 Å². The monoisotopic (exact) mass is 1150 g/mol. The Labute approximate surface area is 513 Å². The summed E-state index contributed by atoms with van der Waals surface area (Å²) in [5, 5.41) is 23.4.